The molecule has 4 rings (SSSR count). The summed E-state index contributed by atoms with van der Waals surface area (Å²) < 4.78 is 12.1. The third-order valence-corrected chi connectivity index (χ3v) is 5.52. The van der Waals surface area contributed by atoms with E-state index in [0.29, 0.717) is 0 Å². The van der Waals surface area contributed by atoms with E-state index in [0.717, 1.165) is 43.1 Å². The van der Waals surface area contributed by atoms with Gasteiger partial charge in [-0.25, -0.2) is 4.98 Å². The molecule has 4 nitrogen and oxygen atoms in total. The molecule has 24 heavy (non-hydrogen) atoms. The van der Waals surface area contributed by atoms with Crippen LogP contribution in [0.4, 0.5) is 0 Å². The fourth-order valence-corrected chi connectivity index (χ4v) is 4.27. The lowest BCUT2D eigenvalue weighted by Gasteiger charge is -2.28. The number of fused-ring (bicyclic) bond motifs is 2. The monoisotopic (exact) mass is 340 g/mol. The minimum Gasteiger partial charge on any atom is -0.493 e. The summed E-state index contributed by atoms with van der Waals surface area (Å²) in [4.78, 5) is 7.21. The summed E-state index contributed by atoms with van der Waals surface area (Å²) in [5.41, 5.74) is 3.77. The second-order valence-electron chi connectivity index (χ2n) is 6.01. The second kappa shape index (κ2) is 6.42. The molecule has 0 bridgehead atoms. The molecule has 0 N–H and O–H groups in total. The van der Waals surface area contributed by atoms with Crippen molar-refractivity contribution in [1.29, 1.82) is 0 Å². The molecule has 2 heterocycles. The Bertz CT molecular complexity index is 842. The van der Waals surface area contributed by atoms with Crippen LogP contribution in [0.25, 0.3) is 10.2 Å². The quantitative estimate of drug-likeness (QED) is 0.722. The predicted molar refractivity (Wildman–Crippen MR) is 97.0 cm³/mol. The molecule has 1 aliphatic rings. The number of aromatic nitrogens is 1. The van der Waals surface area contributed by atoms with Gasteiger partial charge in [0.05, 0.1) is 31.0 Å². The SMILES string of the molecule is COc1cc2c(cc1OC)CN(Cc1nc3ccccc3s1)CC2. The van der Waals surface area contributed by atoms with Gasteiger partial charge in [0.1, 0.15) is 5.01 Å². The number of para-hydroxylation sites is 1. The molecular formula is C19H20N2O2S. The van der Waals surface area contributed by atoms with Gasteiger partial charge in [0.25, 0.3) is 0 Å². The summed E-state index contributed by atoms with van der Waals surface area (Å²) in [5.74, 6) is 1.62. The molecule has 3 aromatic rings. The maximum Gasteiger partial charge on any atom is 0.161 e. The summed E-state index contributed by atoms with van der Waals surface area (Å²) >= 11 is 1.79. The zero-order chi connectivity index (χ0) is 16.5. The summed E-state index contributed by atoms with van der Waals surface area (Å²) in [7, 11) is 3.37. The Kier molecular flexibility index (Phi) is 4.12. The van der Waals surface area contributed by atoms with Crippen LogP contribution in [0.15, 0.2) is 36.4 Å². The van der Waals surface area contributed by atoms with Gasteiger partial charge < -0.3 is 9.47 Å². The minimum absolute atomic E-state index is 0.804. The highest BCUT2D eigenvalue weighted by atomic mass is 32.1. The molecule has 0 fully saturated rings. The molecule has 0 aliphatic carbocycles. The van der Waals surface area contributed by atoms with Gasteiger partial charge in [0.15, 0.2) is 11.5 Å². The van der Waals surface area contributed by atoms with E-state index in [-0.39, 0.29) is 0 Å². The highest BCUT2D eigenvalue weighted by Gasteiger charge is 2.20. The molecule has 0 atom stereocenters. The minimum atomic E-state index is 0.804. The first-order chi connectivity index (χ1) is 11.8. The van der Waals surface area contributed by atoms with E-state index in [1.54, 1.807) is 25.6 Å². The van der Waals surface area contributed by atoms with E-state index in [2.05, 4.69) is 35.2 Å². The molecule has 0 spiro atoms. The number of rotatable bonds is 4. The summed E-state index contributed by atoms with van der Waals surface area (Å²) in [5, 5.41) is 1.18. The third kappa shape index (κ3) is 2.85. The van der Waals surface area contributed by atoms with Gasteiger partial charge in [0.2, 0.25) is 0 Å². The highest BCUT2D eigenvalue weighted by molar-refractivity contribution is 7.18. The predicted octanol–water partition coefficient (Wildman–Crippen LogP) is 3.87. The zero-order valence-corrected chi connectivity index (χ0v) is 14.7. The Morgan fingerprint density at radius 1 is 1.08 bits per heavy atom. The Morgan fingerprint density at radius 3 is 2.58 bits per heavy atom. The lowest BCUT2D eigenvalue weighted by atomic mass is 9.99. The van der Waals surface area contributed by atoms with Crippen molar-refractivity contribution in [2.24, 2.45) is 0 Å². The van der Waals surface area contributed by atoms with E-state index < -0.39 is 0 Å². The van der Waals surface area contributed by atoms with Gasteiger partial charge in [-0.15, -0.1) is 11.3 Å². The van der Waals surface area contributed by atoms with Crippen LogP contribution >= 0.6 is 11.3 Å². The summed E-state index contributed by atoms with van der Waals surface area (Å²) in [6, 6.07) is 12.6. The number of thiazole rings is 1. The lowest BCUT2D eigenvalue weighted by molar-refractivity contribution is 0.244. The molecule has 1 aliphatic heterocycles. The highest BCUT2D eigenvalue weighted by Crippen LogP contribution is 2.34. The van der Waals surface area contributed by atoms with Crippen LogP contribution in [-0.2, 0) is 19.5 Å². The zero-order valence-electron chi connectivity index (χ0n) is 13.9. The lowest BCUT2D eigenvalue weighted by Crippen LogP contribution is -2.30. The number of hydrogen-bond acceptors (Lipinski definition) is 5. The van der Waals surface area contributed by atoms with Crippen LogP contribution in [0.1, 0.15) is 16.1 Å². The maximum atomic E-state index is 5.44. The third-order valence-electron chi connectivity index (χ3n) is 4.49. The van der Waals surface area contributed by atoms with Gasteiger partial charge in [0, 0.05) is 13.1 Å². The van der Waals surface area contributed by atoms with Crippen LogP contribution in [0.2, 0.25) is 0 Å². The van der Waals surface area contributed by atoms with Crippen molar-refractivity contribution in [2.75, 3.05) is 20.8 Å². The van der Waals surface area contributed by atoms with E-state index in [9.17, 15) is 0 Å². The smallest absolute Gasteiger partial charge is 0.161 e. The molecule has 0 amide bonds. The Hall–Kier alpha value is -2.11. The van der Waals surface area contributed by atoms with Crippen molar-refractivity contribution in [2.45, 2.75) is 19.5 Å². The normalized spacial score (nSPS) is 14.6. The molecule has 0 saturated heterocycles. The molecule has 5 heteroatoms. The summed E-state index contributed by atoms with van der Waals surface area (Å²) in [6.45, 7) is 2.86. The first-order valence-electron chi connectivity index (χ1n) is 8.07. The number of hydrogen-bond donors (Lipinski definition) is 0. The van der Waals surface area contributed by atoms with E-state index in [1.807, 2.05) is 6.07 Å². The van der Waals surface area contributed by atoms with Crippen LogP contribution < -0.4 is 9.47 Å². The molecule has 0 radical (unpaired) electrons. The average Bonchev–Trinajstić information content (AvgIpc) is 3.02. The van der Waals surface area contributed by atoms with Crippen molar-refractivity contribution in [1.82, 2.24) is 9.88 Å². The van der Waals surface area contributed by atoms with Crippen LogP contribution in [0.5, 0.6) is 11.5 Å². The van der Waals surface area contributed by atoms with Gasteiger partial charge in [-0.3, -0.25) is 4.90 Å². The van der Waals surface area contributed by atoms with Crippen molar-refractivity contribution in [3.8, 4) is 11.5 Å². The largest absolute Gasteiger partial charge is 0.493 e. The summed E-state index contributed by atoms with van der Waals surface area (Å²) in [6.07, 6.45) is 1.03. The fourth-order valence-electron chi connectivity index (χ4n) is 3.26. The van der Waals surface area contributed by atoms with E-state index in [4.69, 9.17) is 14.5 Å². The van der Waals surface area contributed by atoms with Crippen molar-refractivity contribution >= 4 is 21.6 Å². The molecule has 2 aromatic carbocycles. The number of nitrogens with zero attached hydrogens (tertiary/aromatic N) is 2. The topological polar surface area (TPSA) is 34.6 Å². The number of methoxy groups -OCH3 is 2. The van der Waals surface area contributed by atoms with E-state index >= 15 is 0 Å². The molecular weight excluding hydrogens is 320 g/mol. The molecule has 1 aromatic heterocycles. The second-order valence-corrected chi connectivity index (χ2v) is 7.13. The Morgan fingerprint density at radius 2 is 1.83 bits per heavy atom. The van der Waals surface area contributed by atoms with Crippen LogP contribution in [0.3, 0.4) is 0 Å². The standard InChI is InChI=1S/C19H20N2O2S/c1-22-16-9-13-7-8-21(11-14(13)10-17(16)23-2)12-19-20-15-5-3-4-6-18(15)24-19/h3-6,9-10H,7-8,11-12H2,1-2H3. The molecule has 0 saturated carbocycles. The van der Waals surface area contributed by atoms with E-state index in [1.165, 1.54) is 20.8 Å². The first-order valence-corrected chi connectivity index (χ1v) is 8.89. The van der Waals surface area contributed by atoms with Crippen molar-refractivity contribution in [3.63, 3.8) is 0 Å². The van der Waals surface area contributed by atoms with Gasteiger partial charge in [-0.1, -0.05) is 12.1 Å². The fraction of sp³-hybridized carbons (Fsp3) is 0.316. The average molecular weight is 340 g/mol. The Labute approximate surface area is 145 Å². The van der Waals surface area contributed by atoms with Crippen LogP contribution in [0, 0.1) is 0 Å². The molecule has 124 valence electrons. The number of ether oxygens (including phenoxy) is 2. The van der Waals surface area contributed by atoms with Crippen molar-refractivity contribution < 1.29 is 9.47 Å². The van der Waals surface area contributed by atoms with Crippen molar-refractivity contribution in [3.05, 3.63) is 52.5 Å². The maximum absolute atomic E-state index is 5.44. The molecule has 0 unspecified atom stereocenters. The van der Waals surface area contributed by atoms with Gasteiger partial charge >= 0.3 is 0 Å². The van der Waals surface area contributed by atoms with Gasteiger partial charge in [-0.2, -0.15) is 0 Å². The Balaban J connectivity index is 1.55. The van der Waals surface area contributed by atoms with Crippen LogP contribution in [-0.4, -0.2) is 30.6 Å². The van der Waals surface area contributed by atoms with Gasteiger partial charge in [-0.05, 0) is 41.8 Å². The number of benzene rings is 2. The first kappa shape index (κ1) is 15.4.